The molecule has 1 aromatic heterocycles. The van der Waals surface area contributed by atoms with Crippen LogP contribution in [0, 0.1) is 0 Å². The lowest BCUT2D eigenvalue weighted by Crippen LogP contribution is -2.16. The molecule has 2 N–H and O–H groups in total. The number of carbonyl (C=O) groups is 2. The standard InChI is InChI=1S/C25H30N2O3/c1-6-17-19(8-3)23(24(28)15-10-12-16(30-5)13-11-15)26-21(17)14-22-18(7-2)20(9-4)25(29)27-22/h10-14,26H,6-9H2,1-5H3,(H,27,29)/b22-14-. The van der Waals surface area contributed by atoms with Gasteiger partial charge in [-0.1, -0.05) is 27.7 Å². The molecule has 0 fully saturated rings. The van der Waals surface area contributed by atoms with Crippen molar-refractivity contribution in [3.63, 3.8) is 0 Å². The van der Waals surface area contributed by atoms with Gasteiger partial charge < -0.3 is 15.0 Å². The van der Waals surface area contributed by atoms with E-state index < -0.39 is 0 Å². The Labute approximate surface area is 178 Å². The van der Waals surface area contributed by atoms with Crippen molar-refractivity contribution in [2.45, 2.75) is 53.4 Å². The van der Waals surface area contributed by atoms with E-state index in [0.717, 1.165) is 58.7 Å². The molecule has 5 nitrogen and oxygen atoms in total. The zero-order valence-corrected chi connectivity index (χ0v) is 18.4. The number of benzene rings is 1. The Morgan fingerprint density at radius 3 is 2.10 bits per heavy atom. The number of ketones is 1. The Morgan fingerprint density at radius 1 is 0.933 bits per heavy atom. The number of hydrogen-bond acceptors (Lipinski definition) is 3. The minimum atomic E-state index is -0.0372. The third-order valence-electron chi connectivity index (χ3n) is 5.74. The van der Waals surface area contributed by atoms with Crippen LogP contribution in [0.1, 0.15) is 73.4 Å². The first-order chi connectivity index (χ1) is 14.5. The molecule has 1 aliphatic rings. The van der Waals surface area contributed by atoms with Crippen molar-refractivity contribution in [3.05, 3.63) is 69.2 Å². The lowest BCUT2D eigenvalue weighted by Gasteiger charge is -2.05. The van der Waals surface area contributed by atoms with Gasteiger partial charge in [0.25, 0.3) is 5.91 Å². The maximum absolute atomic E-state index is 13.2. The number of aromatic amines is 1. The van der Waals surface area contributed by atoms with Crippen LogP contribution in [0.4, 0.5) is 0 Å². The van der Waals surface area contributed by atoms with Crippen LogP contribution >= 0.6 is 0 Å². The summed E-state index contributed by atoms with van der Waals surface area (Å²) < 4.78 is 5.20. The maximum atomic E-state index is 13.2. The van der Waals surface area contributed by atoms with E-state index in [1.54, 1.807) is 31.4 Å². The SMILES string of the molecule is CCC1=C(CC)/C(=C/c2[nH]c(C(=O)c3ccc(OC)cc3)c(CC)c2CC)NC1=O. The van der Waals surface area contributed by atoms with E-state index in [2.05, 4.69) is 31.1 Å². The molecule has 0 radical (unpaired) electrons. The van der Waals surface area contributed by atoms with Crippen molar-refractivity contribution in [2.24, 2.45) is 0 Å². The van der Waals surface area contributed by atoms with Gasteiger partial charge in [-0.05, 0) is 72.7 Å². The number of methoxy groups -OCH3 is 1. The summed E-state index contributed by atoms with van der Waals surface area (Å²) in [6.45, 7) is 8.21. The molecule has 2 aromatic rings. The van der Waals surface area contributed by atoms with Crippen molar-refractivity contribution in [3.8, 4) is 5.75 Å². The van der Waals surface area contributed by atoms with Crippen LogP contribution in [-0.2, 0) is 17.6 Å². The highest BCUT2D eigenvalue weighted by Gasteiger charge is 2.26. The minimum absolute atomic E-state index is 0.0181. The normalized spacial score (nSPS) is 15.1. The molecule has 0 bridgehead atoms. The summed E-state index contributed by atoms with van der Waals surface area (Å²) >= 11 is 0. The molecular weight excluding hydrogens is 376 g/mol. The van der Waals surface area contributed by atoms with E-state index in [1.165, 1.54) is 0 Å². The van der Waals surface area contributed by atoms with E-state index in [9.17, 15) is 9.59 Å². The zero-order chi connectivity index (χ0) is 21.8. The van der Waals surface area contributed by atoms with Gasteiger partial charge in [0.2, 0.25) is 5.78 Å². The predicted octanol–water partition coefficient (Wildman–Crippen LogP) is 4.97. The van der Waals surface area contributed by atoms with Gasteiger partial charge in [-0.2, -0.15) is 0 Å². The smallest absolute Gasteiger partial charge is 0.251 e. The topological polar surface area (TPSA) is 71.2 Å². The van der Waals surface area contributed by atoms with Gasteiger partial charge in [0.15, 0.2) is 0 Å². The van der Waals surface area contributed by atoms with Gasteiger partial charge in [0, 0.05) is 22.5 Å². The number of amides is 1. The van der Waals surface area contributed by atoms with Gasteiger partial charge >= 0.3 is 0 Å². The van der Waals surface area contributed by atoms with Crippen molar-refractivity contribution in [1.29, 1.82) is 0 Å². The number of allylic oxidation sites excluding steroid dienone is 1. The fourth-order valence-corrected chi connectivity index (χ4v) is 4.21. The average molecular weight is 407 g/mol. The third kappa shape index (κ3) is 3.84. The largest absolute Gasteiger partial charge is 0.497 e. The Balaban J connectivity index is 2.07. The highest BCUT2D eigenvalue weighted by Crippen LogP contribution is 2.30. The van der Waals surface area contributed by atoms with E-state index in [0.29, 0.717) is 17.7 Å². The highest BCUT2D eigenvalue weighted by atomic mass is 16.5. The summed E-state index contributed by atoms with van der Waals surface area (Å²) in [5.74, 6) is 0.663. The summed E-state index contributed by atoms with van der Waals surface area (Å²) in [6, 6.07) is 7.16. The molecule has 30 heavy (non-hydrogen) atoms. The molecule has 5 heteroatoms. The highest BCUT2D eigenvalue weighted by molar-refractivity contribution is 6.09. The van der Waals surface area contributed by atoms with Gasteiger partial charge in [0.05, 0.1) is 12.8 Å². The van der Waals surface area contributed by atoms with Gasteiger partial charge in [0.1, 0.15) is 5.75 Å². The lowest BCUT2D eigenvalue weighted by molar-refractivity contribution is -0.116. The third-order valence-corrected chi connectivity index (χ3v) is 5.74. The van der Waals surface area contributed by atoms with Crippen molar-refractivity contribution in [2.75, 3.05) is 7.11 Å². The zero-order valence-electron chi connectivity index (χ0n) is 18.4. The first kappa shape index (κ1) is 21.6. The van der Waals surface area contributed by atoms with Crippen LogP contribution < -0.4 is 10.1 Å². The van der Waals surface area contributed by atoms with Crippen LogP contribution in [0.2, 0.25) is 0 Å². The number of H-pyrrole nitrogens is 1. The Hall–Kier alpha value is -3.08. The molecule has 3 rings (SSSR count). The Kier molecular flexibility index (Phi) is 6.60. The number of nitrogens with one attached hydrogen (secondary N) is 2. The monoisotopic (exact) mass is 406 g/mol. The summed E-state index contributed by atoms with van der Waals surface area (Å²) in [7, 11) is 1.61. The summed E-state index contributed by atoms with van der Waals surface area (Å²) in [6.07, 6.45) is 5.03. The number of carbonyl (C=O) groups excluding carboxylic acids is 2. The lowest BCUT2D eigenvalue weighted by atomic mass is 9.98. The van der Waals surface area contributed by atoms with Crippen LogP contribution in [-0.4, -0.2) is 23.8 Å². The van der Waals surface area contributed by atoms with E-state index in [1.807, 2.05) is 13.0 Å². The Morgan fingerprint density at radius 2 is 1.57 bits per heavy atom. The average Bonchev–Trinajstić information content (AvgIpc) is 3.28. The van der Waals surface area contributed by atoms with Crippen LogP contribution in [0.3, 0.4) is 0 Å². The van der Waals surface area contributed by atoms with Crippen molar-refractivity contribution < 1.29 is 14.3 Å². The molecule has 2 heterocycles. The van der Waals surface area contributed by atoms with Crippen LogP contribution in [0.15, 0.2) is 41.1 Å². The summed E-state index contributed by atoms with van der Waals surface area (Å²) in [4.78, 5) is 28.9. The number of hydrogen-bond donors (Lipinski definition) is 2. The molecule has 1 amide bonds. The summed E-state index contributed by atoms with van der Waals surface area (Å²) in [5.41, 5.74) is 7.02. The molecule has 0 saturated carbocycles. The number of ether oxygens (including phenoxy) is 1. The number of aromatic nitrogens is 1. The second-order valence-corrected chi connectivity index (χ2v) is 7.31. The predicted molar refractivity (Wildman–Crippen MR) is 120 cm³/mol. The van der Waals surface area contributed by atoms with E-state index in [4.69, 9.17) is 4.74 Å². The molecule has 0 unspecified atom stereocenters. The van der Waals surface area contributed by atoms with Crippen molar-refractivity contribution >= 4 is 17.8 Å². The molecule has 158 valence electrons. The van der Waals surface area contributed by atoms with Crippen LogP contribution in [0.25, 0.3) is 6.08 Å². The fraction of sp³-hybridized carbons (Fsp3) is 0.360. The Bertz CT molecular complexity index is 1020. The molecular formula is C25H30N2O3. The first-order valence-electron chi connectivity index (χ1n) is 10.7. The van der Waals surface area contributed by atoms with E-state index >= 15 is 0 Å². The van der Waals surface area contributed by atoms with Gasteiger partial charge in [-0.15, -0.1) is 0 Å². The fourth-order valence-electron chi connectivity index (χ4n) is 4.21. The molecule has 0 aliphatic carbocycles. The number of rotatable bonds is 8. The summed E-state index contributed by atoms with van der Waals surface area (Å²) in [5, 5.41) is 3.01. The second kappa shape index (κ2) is 9.16. The minimum Gasteiger partial charge on any atom is -0.497 e. The molecule has 1 aromatic carbocycles. The van der Waals surface area contributed by atoms with Crippen molar-refractivity contribution in [1.82, 2.24) is 10.3 Å². The maximum Gasteiger partial charge on any atom is 0.251 e. The molecule has 1 aliphatic heterocycles. The first-order valence-corrected chi connectivity index (χ1v) is 10.7. The van der Waals surface area contributed by atoms with E-state index in [-0.39, 0.29) is 11.7 Å². The van der Waals surface area contributed by atoms with Crippen LogP contribution in [0.5, 0.6) is 5.75 Å². The van der Waals surface area contributed by atoms with Gasteiger partial charge in [-0.3, -0.25) is 9.59 Å². The molecule has 0 saturated heterocycles. The second-order valence-electron chi connectivity index (χ2n) is 7.31. The van der Waals surface area contributed by atoms with Gasteiger partial charge in [-0.25, -0.2) is 0 Å². The quantitative estimate of drug-likeness (QED) is 0.608. The molecule has 0 atom stereocenters. The molecule has 0 spiro atoms.